The van der Waals surface area contributed by atoms with Crippen LogP contribution in [0, 0.1) is 21.8 Å². The van der Waals surface area contributed by atoms with Gasteiger partial charge in [-0.1, -0.05) is 0 Å². The van der Waals surface area contributed by atoms with Gasteiger partial charge in [-0.25, -0.2) is 4.39 Å². The number of nitrogens with zero attached hydrogens (tertiary/aromatic N) is 2. The Morgan fingerprint density at radius 1 is 1.55 bits per heavy atom. The van der Waals surface area contributed by atoms with Crippen LogP contribution in [0.1, 0.15) is 19.8 Å². The summed E-state index contributed by atoms with van der Waals surface area (Å²) < 4.78 is 13.1. The number of nitro groups is 1. The minimum absolute atomic E-state index is 0.144. The van der Waals surface area contributed by atoms with Crippen LogP contribution in [0.25, 0.3) is 0 Å². The van der Waals surface area contributed by atoms with E-state index in [0.717, 1.165) is 6.07 Å². The second-order valence-corrected chi connectivity index (χ2v) is 4.99. The van der Waals surface area contributed by atoms with E-state index in [2.05, 4.69) is 0 Å². The number of anilines is 1. The van der Waals surface area contributed by atoms with Crippen LogP contribution in [-0.4, -0.2) is 28.6 Å². The van der Waals surface area contributed by atoms with E-state index >= 15 is 0 Å². The van der Waals surface area contributed by atoms with Gasteiger partial charge in [0.15, 0.2) is 0 Å². The molecule has 6 nitrogen and oxygen atoms in total. The third kappa shape index (κ3) is 2.71. The number of carboxylic acid groups (broad SMARTS) is 1. The number of carbonyl (C=O) groups is 1. The van der Waals surface area contributed by atoms with Crippen molar-refractivity contribution in [1.82, 2.24) is 0 Å². The fourth-order valence-corrected chi connectivity index (χ4v) is 2.64. The summed E-state index contributed by atoms with van der Waals surface area (Å²) in [5, 5.41) is 20.0. The quantitative estimate of drug-likeness (QED) is 0.680. The highest BCUT2D eigenvalue weighted by molar-refractivity contribution is 5.71. The maximum atomic E-state index is 13.1. The van der Waals surface area contributed by atoms with Crippen LogP contribution in [0.4, 0.5) is 15.8 Å². The molecule has 0 radical (unpaired) electrons. The number of benzene rings is 1. The SMILES string of the molecule is C[C@@H]1C[C@H](C(=O)O)CCN1c1ccc(F)cc1[N+](=O)[O-]. The first kappa shape index (κ1) is 14.2. The Balaban J connectivity index is 2.29. The van der Waals surface area contributed by atoms with E-state index in [1.165, 1.54) is 12.1 Å². The molecule has 0 amide bonds. The lowest BCUT2D eigenvalue weighted by Crippen LogP contribution is -2.43. The molecule has 20 heavy (non-hydrogen) atoms. The van der Waals surface area contributed by atoms with Crippen molar-refractivity contribution >= 4 is 17.3 Å². The first-order valence-corrected chi connectivity index (χ1v) is 6.33. The van der Waals surface area contributed by atoms with Gasteiger partial charge in [0, 0.05) is 12.6 Å². The first-order chi connectivity index (χ1) is 9.40. The van der Waals surface area contributed by atoms with Gasteiger partial charge in [-0.3, -0.25) is 14.9 Å². The topological polar surface area (TPSA) is 83.7 Å². The number of carboxylic acids is 1. The number of hydrogen-bond donors (Lipinski definition) is 1. The molecule has 1 aliphatic rings. The molecule has 7 heteroatoms. The Labute approximate surface area is 115 Å². The van der Waals surface area contributed by atoms with Crippen molar-refractivity contribution in [3.05, 3.63) is 34.1 Å². The molecule has 0 bridgehead atoms. The Morgan fingerprint density at radius 3 is 2.80 bits per heavy atom. The normalized spacial score (nSPS) is 22.6. The highest BCUT2D eigenvalue weighted by atomic mass is 19.1. The van der Waals surface area contributed by atoms with Gasteiger partial charge >= 0.3 is 5.97 Å². The monoisotopic (exact) mass is 282 g/mol. The predicted octanol–water partition coefficient (Wildman–Crippen LogP) is 2.42. The number of nitro benzene ring substituents is 1. The third-order valence-electron chi connectivity index (χ3n) is 3.67. The maximum absolute atomic E-state index is 13.1. The maximum Gasteiger partial charge on any atom is 0.306 e. The van der Waals surface area contributed by atoms with Gasteiger partial charge in [0.05, 0.1) is 16.9 Å². The van der Waals surface area contributed by atoms with Crippen LogP contribution in [-0.2, 0) is 4.79 Å². The van der Waals surface area contributed by atoms with Crippen LogP contribution in [0.2, 0.25) is 0 Å². The highest BCUT2D eigenvalue weighted by Gasteiger charge is 2.32. The molecule has 0 saturated carbocycles. The average Bonchev–Trinajstić information content (AvgIpc) is 2.38. The summed E-state index contributed by atoms with van der Waals surface area (Å²) >= 11 is 0. The lowest BCUT2D eigenvalue weighted by Gasteiger charge is -2.37. The summed E-state index contributed by atoms with van der Waals surface area (Å²) in [6.07, 6.45) is 0.845. The summed E-state index contributed by atoms with van der Waals surface area (Å²) in [5.74, 6) is -1.93. The molecule has 0 aromatic heterocycles. The van der Waals surface area contributed by atoms with E-state index in [4.69, 9.17) is 5.11 Å². The van der Waals surface area contributed by atoms with Crippen LogP contribution in [0.15, 0.2) is 18.2 Å². The van der Waals surface area contributed by atoms with Crippen LogP contribution in [0.3, 0.4) is 0 Å². The summed E-state index contributed by atoms with van der Waals surface area (Å²) in [6.45, 7) is 2.23. The Hall–Kier alpha value is -2.18. The molecule has 0 spiro atoms. The second-order valence-electron chi connectivity index (χ2n) is 4.99. The lowest BCUT2D eigenvalue weighted by molar-refractivity contribution is -0.384. The van der Waals surface area contributed by atoms with E-state index in [1.807, 2.05) is 6.92 Å². The molecule has 2 rings (SSSR count). The fourth-order valence-electron chi connectivity index (χ4n) is 2.64. The molecule has 1 heterocycles. The molecule has 0 unspecified atom stereocenters. The van der Waals surface area contributed by atoms with Crippen molar-refractivity contribution in [1.29, 1.82) is 0 Å². The van der Waals surface area contributed by atoms with E-state index < -0.39 is 22.6 Å². The summed E-state index contributed by atoms with van der Waals surface area (Å²) in [6, 6.07) is 3.31. The zero-order chi connectivity index (χ0) is 14.9. The van der Waals surface area contributed by atoms with E-state index in [-0.39, 0.29) is 11.7 Å². The number of piperidine rings is 1. The van der Waals surface area contributed by atoms with Crippen molar-refractivity contribution in [2.24, 2.45) is 5.92 Å². The number of rotatable bonds is 3. The first-order valence-electron chi connectivity index (χ1n) is 6.33. The third-order valence-corrected chi connectivity index (χ3v) is 3.67. The summed E-state index contributed by atoms with van der Waals surface area (Å²) in [4.78, 5) is 23.2. The second kappa shape index (κ2) is 5.44. The van der Waals surface area contributed by atoms with Gasteiger partial charge in [0.1, 0.15) is 11.5 Å². The number of aliphatic carboxylic acids is 1. The van der Waals surface area contributed by atoms with Crippen molar-refractivity contribution in [3.8, 4) is 0 Å². The molecule has 1 N–H and O–H groups in total. The summed E-state index contributed by atoms with van der Waals surface area (Å²) in [5.41, 5.74) is 0.0540. The minimum Gasteiger partial charge on any atom is -0.481 e. The predicted molar refractivity (Wildman–Crippen MR) is 70.2 cm³/mol. The van der Waals surface area contributed by atoms with Crippen molar-refractivity contribution in [2.45, 2.75) is 25.8 Å². The lowest BCUT2D eigenvalue weighted by atomic mass is 9.91. The smallest absolute Gasteiger partial charge is 0.306 e. The molecule has 2 atom stereocenters. The average molecular weight is 282 g/mol. The molecule has 108 valence electrons. The Bertz CT molecular complexity index is 549. The highest BCUT2D eigenvalue weighted by Crippen LogP contribution is 2.34. The largest absolute Gasteiger partial charge is 0.481 e. The Kier molecular flexibility index (Phi) is 3.87. The fraction of sp³-hybridized carbons (Fsp3) is 0.462. The van der Waals surface area contributed by atoms with E-state index in [1.54, 1.807) is 4.90 Å². The van der Waals surface area contributed by atoms with Gasteiger partial charge in [-0.2, -0.15) is 0 Å². The molecular weight excluding hydrogens is 267 g/mol. The van der Waals surface area contributed by atoms with Gasteiger partial charge < -0.3 is 10.0 Å². The van der Waals surface area contributed by atoms with Crippen molar-refractivity contribution in [2.75, 3.05) is 11.4 Å². The van der Waals surface area contributed by atoms with Gasteiger partial charge in [-0.05, 0) is 31.9 Å². The number of halogens is 1. The molecule has 1 aromatic carbocycles. The molecular formula is C13H15FN2O4. The van der Waals surface area contributed by atoms with Gasteiger partial charge in [-0.15, -0.1) is 0 Å². The standard InChI is InChI=1S/C13H15FN2O4/c1-8-6-9(13(17)18)4-5-15(8)11-3-2-10(14)7-12(11)16(19)20/h2-3,7-9H,4-6H2,1H3,(H,17,18)/t8-,9-/m1/s1. The molecule has 1 aliphatic heterocycles. The zero-order valence-corrected chi connectivity index (χ0v) is 11.0. The zero-order valence-electron chi connectivity index (χ0n) is 11.0. The summed E-state index contributed by atoms with van der Waals surface area (Å²) in [7, 11) is 0. The molecule has 1 saturated heterocycles. The minimum atomic E-state index is -0.842. The molecule has 1 aromatic rings. The Morgan fingerprint density at radius 2 is 2.25 bits per heavy atom. The van der Waals surface area contributed by atoms with E-state index in [9.17, 15) is 19.3 Å². The van der Waals surface area contributed by atoms with Gasteiger partial charge in [0.25, 0.3) is 5.69 Å². The van der Waals surface area contributed by atoms with Gasteiger partial charge in [0.2, 0.25) is 0 Å². The van der Waals surface area contributed by atoms with Crippen molar-refractivity contribution < 1.29 is 19.2 Å². The van der Waals surface area contributed by atoms with Crippen LogP contribution in [0.5, 0.6) is 0 Å². The van der Waals surface area contributed by atoms with E-state index in [0.29, 0.717) is 25.1 Å². The molecule has 0 aliphatic carbocycles. The molecule has 1 fully saturated rings. The number of hydrogen-bond acceptors (Lipinski definition) is 4. The van der Waals surface area contributed by atoms with Crippen molar-refractivity contribution in [3.63, 3.8) is 0 Å². The van der Waals surface area contributed by atoms with Crippen LogP contribution < -0.4 is 4.90 Å². The van der Waals surface area contributed by atoms with Crippen LogP contribution >= 0.6 is 0 Å².